The number of aromatic nitrogens is 2. The Labute approximate surface area is 171 Å². The summed E-state index contributed by atoms with van der Waals surface area (Å²) in [4.78, 5) is 4.46. The Balaban J connectivity index is 1.53. The van der Waals surface area contributed by atoms with Gasteiger partial charge in [-0.25, -0.2) is 4.39 Å². The maximum absolute atomic E-state index is 12.9. The van der Waals surface area contributed by atoms with Crippen LogP contribution in [0.1, 0.15) is 18.3 Å². The van der Waals surface area contributed by atoms with Gasteiger partial charge in [0.25, 0.3) is 0 Å². The molecular weight excluding hydrogens is 406 g/mol. The zero-order chi connectivity index (χ0) is 19.2. The minimum Gasteiger partial charge on any atom is -0.330 e. The fourth-order valence-electron chi connectivity index (χ4n) is 2.42. The van der Waals surface area contributed by atoms with Crippen LogP contribution in [0.4, 0.5) is 15.2 Å². The molecule has 0 unspecified atom stereocenters. The minimum atomic E-state index is -0.210. The molecule has 3 rings (SSSR count). The van der Waals surface area contributed by atoms with E-state index in [0.29, 0.717) is 21.0 Å². The number of rotatable bonds is 7. The fourth-order valence-corrected chi connectivity index (χ4v) is 3.29. The van der Waals surface area contributed by atoms with Gasteiger partial charge in [-0.3, -0.25) is 0 Å². The van der Waals surface area contributed by atoms with Gasteiger partial charge in [-0.2, -0.15) is 9.36 Å². The number of benzene rings is 2. The van der Waals surface area contributed by atoms with Crippen LogP contribution in [0.2, 0.25) is 10.0 Å². The molecule has 0 fully saturated rings. The van der Waals surface area contributed by atoms with Crippen LogP contribution >= 0.6 is 34.7 Å². The van der Waals surface area contributed by atoms with Gasteiger partial charge >= 0.3 is 0 Å². The molecule has 0 amide bonds. The highest BCUT2D eigenvalue weighted by Gasteiger charge is 2.06. The third kappa shape index (κ3) is 6.01. The number of nitrogens with zero attached hydrogens (tertiary/aromatic N) is 2. The molecule has 0 bridgehead atoms. The van der Waals surface area contributed by atoms with Crippen LogP contribution < -0.4 is 10.6 Å². The van der Waals surface area contributed by atoms with Gasteiger partial charge in [-0.05, 0) is 35.9 Å². The normalized spacial score (nSPS) is 11.6. The number of hydrogen-bond acceptors (Lipinski definition) is 4. The quantitative estimate of drug-likeness (QED) is 0.568. The van der Waals surface area contributed by atoms with Crippen molar-refractivity contribution >= 4 is 51.6 Å². The first-order valence-corrected chi connectivity index (χ1v) is 9.84. The number of anilines is 2. The Hall–Kier alpha value is -1.99. The molecule has 0 saturated heterocycles. The topological polar surface area (TPSA) is 54.4 Å². The second-order valence-electron chi connectivity index (χ2n) is 5.97. The Morgan fingerprint density at radius 1 is 1.19 bits per heavy atom. The van der Waals surface area contributed by atoms with Gasteiger partial charge in [0.2, 0.25) is 5.13 Å². The van der Waals surface area contributed by atoms with Crippen LogP contribution in [0, 0.1) is 5.82 Å². The van der Waals surface area contributed by atoms with Crippen LogP contribution in [-0.4, -0.2) is 15.9 Å². The summed E-state index contributed by atoms with van der Waals surface area (Å²) in [5, 5.41) is 6.96. The van der Waals surface area contributed by atoms with Crippen LogP contribution in [-0.2, 0) is 6.42 Å². The molecule has 140 valence electrons. The average molecular weight is 424 g/mol. The van der Waals surface area contributed by atoms with E-state index in [1.54, 1.807) is 12.1 Å². The Morgan fingerprint density at radius 3 is 2.70 bits per heavy atom. The van der Waals surface area contributed by atoms with Gasteiger partial charge in [-0.15, -0.1) is 0 Å². The van der Waals surface area contributed by atoms with E-state index in [0.717, 1.165) is 29.9 Å². The monoisotopic (exact) mass is 423 g/mol. The number of hydrogen-bond donors (Lipinski definition) is 2. The van der Waals surface area contributed by atoms with Crippen LogP contribution in [0.25, 0.3) is 6.08 Å². The summed E-state index contributed by atoms with van der Waals surface area (Å²) in [5.41, 5.74) is 3.00. The SMILES string of the molecule is CC(=Cc1nsc(Nc2ccc(Cl)c(Cl)c2)n1)[NH2+]CCc1ccc(F)cc1. The van der Waals surface area contributed by atoms with Crippen molar-refractivity contribution in [1.82, 2.24) is 9.36 Å². The maximum atomic E-state index is 12.9. The lowest BCUT2D eigenvalue weighted by Gasteiger charge is -2.03. The second-order valence-corrected chi connectivity index (χ2v) is 7.54. The predicted molar refractivity (Wildman–Crippen MR) is 110 cm³/mol. The van der Waals surface area contributed by atoms with E-state index in [2.05, 4.69) is 20.0 Å². The van der Waals surface area contributed by atoms with Gasteiger partial charge in [0.05, 0.1) is 16.6 Å². The van der Waals surface area contributed by atoms with E-state index in [1.807, 2.05) is 31.2 Å². The second kappa shape index (κ2) is 9.28. The van der Waals surface area contributed by atoms with E-state index in [9.17, 15) is 4.39 Å². The molecule has 3 N–H and O–H groups in total. The van der Waals surface area contributed by atoms with Crippen molar-refractivity contribution in [2.75, 3.05) is 11.9 Å². The van der Waals surface area contributed by atoms with Crippen molar-refractivity contribution in [2.24, 2.45) is 0 Å². The lowest BCUT2D eigenvalue weighted by atomic mass is 10.1. The summed E-state index contributed by atoms with van der Waals surface area (Å²) in [6.45, 7) is 2.88. The molecule has 1 heterocycles. The van der Waals surface area contributed by atoms with Crippen molar-refractivity contribution in [1.29, 1.82) is 0 Å². The summed E-state index contributed by atoms with van der Waals surface area (Å²) in [6, 6.07) is 11.9. The largest absolute Gasteiger partial charge is 0.330 e. The van der Waals surface area contributed by atoms with Gasteiger partial charge in [-0.1, -0.05) is 35.3 Å². The van der Waals surface area contributed by atoms with E-state index in [4.69, 9.17) is 23.2 Å². The molecule has 0 atom stereocenters. The maximum Gasteiger partial charge on any atom is 0.207 e. The summed E-state index contributed by atoms with van der Waals surface area (Å²) >= 11 is 13.2. The molecule has 0 radical (unpaired) electrons. The van der Waals surface area contributed by atoms with Crippen molar-refractivity contribution in [3.8, 4) is 0 Å². The summed E-state index contributed by atoms with van der Waals surface area (Å²) in [6.07, 6.45) is 2.79. The minimum absolute atomic E-state index is 0.210. The Bertz CT molecular complexity index is 941. The molecule has 0 aliphatic rings. The Kier molecular flexibility index (Phi) is 6.79. The van der Waals surface area contributed by atoms with Gasteiger partial charge < -0.3 is 10.6 Å². The number of nitrogens with one attached hydrogen (secondary N) is 1. The lowest BCUT2D eigenvalue weighted by molar-refractivity contribution is -0.604. The van der Waals surface area contributed by atoms with Gasteiger partial charge in [0.15, 0.2) is 5.82 Å². The number of nitrogens with two attached hydrogens (primary N) is 1. The molecule has 0 spiro atoms. The molecule has 0 saturated carbocycles. The zero-order valence-corrected chi connectivity index (χ0v) is 16.9. The number of halogens is 3. The summed E-state index contributed by atoms with van der Waals surface area (Å²) < 4.78 is 17.2. The Morgan fingerprint density at radius 2 is 1.96 bits per heavy atom. The van der Waals surface area contributed by atoms with Gasteiger partial charge in [0.1, 0.15) is 11.5 Å². The highest BCUT2D eigenvalue weighted by atomic mass is 35.5. The van der Waals surface area contributed by atoms with Crippen LogP contribution in [0.15, 0.2) is 48.2 Å². The van der Waals surface area contributed by atoms with E-state index >= 15 is 0 Å². The fraction of sp³-hybridized carbons (Fsp3) is 0.158. The first-order valence-electron chi connectivity index (χ1n) is 8.31. The smallest absolute Gasteiger partial charge is 0.207 e. The van der Waals surface area contributed by atoms with Crippen molar-refractivity contribution < 1.29 is 9.71 Å². The average Bonchev–Trinajstić information content (AvgIpc) is 3.06. The number of quaternary nitrogens is 1. The third-order valence-corrected chi connectivity index (χ3v) is 5.17. The molecule has 1 aromatic heterocycles. The molecule has 27 heavy (non-hydrogen) atoms. The molecule has 4 nitrogen and oxygen atoms in total. The number of allylic oxidation sites excluding steroid dienone is 1. The molecule has 0 aliphatic heterocycles. The van der Waals surface area contributed by atoms with Gasteiger partial charge in [0, 0.05) is 36.6 Å². The third-order valence-electron chi connectivity index (χ3n) is 3.78. The highest BCUT2D eigenvalue weighted by Crippen LogP contribution is 2.27. The predicted octanol–water partition coefficient (Wildman–Crippen LogP) is 4.89. The summed E-state index contributed by atoms with van der Waals surface area (Å²) in [5.74, 6) is 0.441. The first kappa shape index (κ1) is 19.8. The molecular formula is C19H18Cl2FN4S+. The molecule has 0 aliphatic carbocycles. The lowest BCUT2D eigenvalue weighted by Crippen LogP contribution is -2.82. The molecule has 8 heteroatoms. The zero-order valence-electron chi connectivity index (χ0n) is 14.5. The first-order chi connectivity index (χ1) is 13.0. The van der Waals surface area contributed by atoms with Crippen LogP contribution in [0.3, 0.4) is 0 Å². The van der Waals surface area contributed by atoms with E-state index in [1.165, 1.54) is 23.7 Å². The van der Waals surface area contributed by atoms with E-state index < -0.39 is 0 Å². The van der Waals surface area contributed by atoms with Crippen molar-refractivity contribution in [3.05, 3.63) is 75.4 Å². The standard InChI is InChI=1S/C19H17Cl2FN4S/c1-12(23-9-8-13-2-4-14(22)5-3-13)10-18-25-19(27-26-18)24-15-6-7-16(20)17(21)11-15/h2-7,10-11,23H,8-9H2,1H3,(H,24,25,26)/p+1. The van der Waals surface area contributed by atoms with Crippen molar-refractivity contribution in [2.45, 2.75) is 13.3 Å². The molecule has 2 aromatic carbocycles. The van der Waals surface area contributed by atoms with E-state index in [-0.39, 0.29) is 5.82 Å². The van der Waals surface area contributed by atoms with Crippen LogP contribution in [0.5, 0.6) is 0 Å². The van der Waals surface area contributed by atoms with Crippen molar-refractivity contribution in [3.63, 3.8) is 0 Å². The molecule has 3 aromatic rings. The summed E-state index contributed by atoms with van der Waals surface area (Å²) in [7, 11) is 0. The highest BCUT2D eigenvalue weighted by molar-refractivity contribution is 7.09.